The summed E-state index contributed by atoms with van der Waals surface area (Å²) in [5, 5.41) is 9.47. The van der Waals surface area contributed by atoms with E-state index in [1.165, 1.54) is 6.42 Å². The quantitative estimate of drug-likeness (QED) is 0.795. The maximum Gasteiger partial charge on any atom is 0.413 e. The Hall–Kier alpha value is -0.810. The maximum absolute atomic E-state index is 12.4. The van der Waals surface area contributed by atoms with E-state index in [2.05, 4.69) is 0 Å². The molecule has 1 heterocycles. The normalized spacial score (nSPS) is 26.7. The summed E-state index contributed by atoms with van der Waals surface area (Å²) in [6.45, 7) is 5.87. The van der Waals surface area contributed by atoms with E-state index in [0.717, 1.165) is 25.7 Å². The Morgan fingerprint density at radius 1 is 1.37 bits per heavy atom. The van der Waals surface area contributed by atoms with Gasteiger partial charge < -0.3 is 14.6 Å². The number of hydrogen-bond acceptors (Lipinski definition) is 4. The van der Waals surface area contributed by atoms with Crippen molar-refractivity contribution < 1.29 is 19.4 Å². The van der Waals surface area contributed by atoms with Crippen molar-refractivity contribution in [2.45, 2.75) is 70.2 Å². The van der Waals surface area contributed by atoms with E-state index in [4.69, 9.17) is 9.47 Å². The van der Waals surface area contributed by atoms with Crippen LogP contribution < -0.4 is 0 Å². The molecule has 1 spiro atoms. The monoisotopic (exact) mass is 271 g/mol. The van der Waals surface area contributed by atoms with Gasteiger partial charge in [-0.25, -0.2) is 4.79 Å². The van der Waals surface area contributed by atoms with E-state index in [9.17, 15) is 9.90 Å². The van der Waals surface area contributed by atoms with E-state index in [0.29, 0.717) is 6.61 Å². The summed E-state index contributed by atoms with van der Waals surface area (Å²) in [5.41, 5.74) is -1.08. The molecule has 2 fully saturated rings. The van der Waals surface area contributed by atoms with Crippen LogP contribution >= 0.6 is 0 Å². The first-order chi connectivity index (χ1) is 8.88. The smallest absolute Gasteiger partial charge is 0.413 e. The van der Waals surface area contributed by atoms with Gasteiger partial charge in [0.2, 0.25) is 0 Å². The minimum Gasteiger partial charge on any atom is -0.444 e. The third-order valence-corrected chi connectivity index (χ3v) is 3.78. The van der Waals surface area contributed by atoms with Crippen LogP contribution in [0.2, 0.25) is 0 Å². The molecule has 1 aliphatic heterocycles. The number of aliphatic hydroxyl groups excluding tert-OH is 1. The highest BCUT2D eigenvalue weighted by molar-refractivity contribution is 5.70. The SMILES string of the molecule is CC(C)(C)OC(=O)N1[C@@H](CO)COC12CCCCC2. The molecule has 110 valence electrons. The summed E-state index contributed by atoms with van der Waals surface area (Å²) in [7, 11) is 0. The summed E-state index contributed by atoms with van der Waals surface area (Å²) in [4.78, 5) is 14.1. The van der Waals surface area contributed by atoms with E-state index in [1.54, 1.807) is 4.90 Å². The molecule has 0 unspecified atom stereocenters. The molecule has 1 saturated carbocycles. The minimum absolute atomic E-state index is 0.0823. The van der Waals surface area contributed by atoms with Crippen LogP contribution in [0.25, 0.3) is 0 Å². The molecule has 0 bridgehead atoms. The number of nitrogens with zero attached hydrogens (tertiary/aromatic N) is 1. The molecule has 1 aliphatic carbocycles. The van der Waals surface area contributed by atoms with Crippen LogP contribution in [-0.4, -0.2) is 46.7 Å². The molecular weight excluding hydrogens is 246 g/mol. The molecular formula is C14H25NO4. The number of ether oxygens (including phenoxy) is 2. The lowest BCUT2D eigenvalue weighted by Gasteiger charge is -2.41. The van der Waals surface area contributed by atoms with Crippen molar-refractivity contribution in [3.05, 3.63) is 0 Å². The average molecular weight is 271 g/mol. The Labute approximate surface area is 114 Å². The lowest BCUT2D eigenvalue weighted by Crippen LogP contribution is -2.54. The standard InChI is InChI=1S/C14H25NO4/c1-13(2,3)19-12(17)15-11(9-16)10-18-14(15)7-5-4-6-8-14/h11,16H,4-10H2,1-3H3/t11-/m0/s1. The number of amides is 1. The zero-order valence-corrected chi connectivity index (χ0v) is 12.1. The molecule has 1 N–H and O–H groups in total. The molecule has 5 heteroatoms. The molecule has 2 rings (SSSR count). The average Bonchev–Trinajstić information content (AvgIpc) is 2.66. The maximum atomic E-state index is 12.4. The van der Waals surface area contributed by atoms with Gasteiger partial charge in [-0.3, -0.25) is 4.90 Å². The van der Waals surface area contributed by atoms with Gasteiger partial charge in [-0.15, -0.1) is 0 Å². The van der Waals surface area contributed by atoms with Gasteiger partial charge in [0, 0.05) is 0 Å². The Balaban J connectivity index is 2.18. The molecule has 1 saturated heterocycles. The first-order valence-electron chi connectivity index (χ1n) is 7.15. The summed E-state index contributed by atoms with van der Waals surface area (Å²) in [6.07, 6.45) is 4.59. The Kier molecular flexibility index (Phi) is 4.06. The van der Waals surface area contributed by atoms with Crippen molar-refractivity contribution in [2.24, 2.45) is 0 Å². The topological polar surface area (TPSA) is 59.0 Å². The lowest BCUT2D eigenvalue weighted by atomic mass is 9.90. The van der Waals surface area contributed by atoms with Crippen LogP contribution in [0, 0.1) is 0 Å². The van der Waals surface area contributed by atoms with Crippen molar-refractivity contribution in [1.29, 1.82) is 0 Å². The van der Waals surface area contributed by atoms with Gasteiger partial charge in [0.15, 0.2) is 0 Å². The van der Waals surface area contributed by atoms with E-state index in [1.807, 2.05) is 20.8 Å². The Morgan fingerprint density at radius 3 is 2.53 bits per heavy atom. The zero-order valence-electron chi connectivity index (χ0n) is 12.1. The minimum atomic E-state index is -0.548. The number of carbonyl (C=O) groups excluding carboxylic acids is 1. The number of carbonyl (C=O) groups is 1. The van der Waals surface area contributed by atoms with Crippen LogP contribution in [-0.2, 0) is 9.47 Å². The largest absolute Gasteiger partial charge is 0.444 e. The summed E-state index contributed by atoms with van der Waals surface area (Å²) >= 11 is 0. The van der Waals surface area contributed by atoms with Crippen LogP contribution in [0.5, 0.6) is 0 Å². The first-order valence-corrected chi connectivity index (χ1v) is 7.15. The van der Waals surface area contributed by atoms with Crippen LogP contribution in [0.4, 0.5) is 4.79 Å². The fraction of sp³-hybridized carbons (Fsp3) is 0.929. The van der Waals surface area contributed by atoms with Gasteiger partial charge in [-0.05, 0) is 46.5 Å². The second kappa shape index (κ2) is 5.29. The van der Waals surface area contributed by atoms with Gasteiger partial charge in [0.25, 0.3) is 0 Å². The Morgan fingerprint density at radius 2 is 2.00 bits per heavy atom. The van der Waals surface area contributed by atoms with Crippen LogP contribution in [0.1, 0.15) is 52.9 Å². The number of hydrogen-bond donors (Lipinski definition) is 1. The third-order valence-electron chi connectivity index (χ3n) is 3.78. The lowest BCUT2D eigenvalue weighted by molar-refractivity contribution is -0.109. The first kappa shape index (κ1) is 14.6. The van der Waals surface area contributed by atoms with E-state index >= 15 is 0 Å². The second-order valence-corrected chi connectivity index (χ2v) is 6.50. The molecule has 0 aromatic rings. The fourth-order valence-electron chi connectivity index (χ4n) is 2.98. The molecule has 5 nitrogen and oxygen atoms in total. The highest BCUT2D eigenvalue weighted by atomic mass is 16.6. The summed E-state index contributed by atoms with van der Waals surface area (Å²) < 4.78 is 11.4. The van der Waals surface area contributed by atoms with Gasteiger partial charge in [-0.2, -0.15) is 0 Å². The molecule has 2 aliphatic rings. The Bertz CT molecular complexity index is 331. The van der Waals surface area contributed by atoms with Crippen LogP contribution in [0.3, 0.4) is 0 Å². The van der Waals surface area contributed by atoms with E-state index in [-0.39, 0.29) is 18.7 Å². The van der Waals surface area contributed by atoms with Crippen molar-refractivity contribution in [2.75, 3.05) is 13.2 Å². The summed E-state index contributed by atoms with van der Waals surface area (Å²) in [5.74, 6) is 0. The van der Waals surface area contributed by atoms with Crippen molar-refractivity contribution in [3.63, 3.8) is 0 Å². The van der Waals surface area contributed by atoms with Gasteiger partial charge in [0.05, 0.1) is 19.3 Å². The molecule has 1 amide bonds. The van der Waals surface area contributed by atoms with Crippen molar-refractivity contribution >= 4 is 6.09 Å². The van der Waals surface area contributed by atoms with Crippen molar-refractivity contribution in [1.82, 2.24) is 4.90 Å². The molecule has 0 aromatic carbocycles. The molecule has 19 heavy (non-hydrogen) atoms. The number of aliphatic hydroxyl groups is 1. The van der Waals surface area contributed by atoms with Crippen molar-refractivity contribution in [3.8, 4) is 0 Å². The van der Waals surface area contributed by atoms with E-state index < -0.39 is 11.3 Å². The second-order valence-electron chi connectivity index (χ2n) is 6.50. The van der Waals surface area contributed by atoms with Gasteiger partial charge in [-0.1, -0.05) is 6.42 Å². The summed E-state index contributed by atoms with van der Waals surface area (Å²) in [6, 6.07) is -0.284. The fourth-order valence-corrected chi connectivity index (χ4v) is 2.98. The van der Waals surface area contributed by atoms with Crippen LogP contribution in [0.15, 0.2) is 0 Å². The predicted octanol–water partition coefficient (Wildman–Crippen LogP) is 2.28. The zero-order chi connectivity index (χ0) is 14.1. The molecule has 0 aromatic heterocycles. The molecule has 0 radical (unpaired) electrons. The van der Waals surface area contributed by atoms with Gasteiger partial charge in [0.1, 0.15) is 11.3 Å². The third kappa shape index (κ3) is 3.03. The number of rotatable bonds is 1. The predicted molar refractivity (Wildman–Crippen MR) is 70.7 cm³/mol. The highest BCUT2D eigenvalue weighted by Gasteiger charge is 2.51. The highest BCUT2D eigenvalue weighted by Crippen LogP contribution is 2.41. The van der Waals surface area contributed by atoms with Gasteiger partial charge >= 0.3 is 6.09 Å². The molecule has 1 atom stereocenters.